The van der Waals surface area contributed by atoms with E-state index in [0.717, 1.165) is 6.08 Å². The van der Waals surface area contributed by atoms with Crippen molar-refractivity contribution in [3.05, 3.63) is 114 Å². The smallest absolute Gasteiger partial charge is 0.338 e. The fourth-order valence-corrected chi connectivity index (χ4v) is 4.14. The SMILES string of the molecule is C=CC(=O)OCCCOc1ccc(C(=O)OC2COC(C3=C/CCC=C(F)/C=C\3)(c3ccc(F)cc3)OC2)cc1. The maximum absolute atomic E-state index is 14.0. The lowest BCUT2D eigenvalue weighted by Crippen LogP contribution is -2.46. The monoisotopic (exact) mass is 552 g/mol. The Bertz CT molecular complexity index is 1270. The summed E-state index contributed by atoms with van der Waals surface area (Å²) < 4.78 is 56.1. The number of benzene rings is 2. The van der Waals surface area contributed by atoms with Gasteiger partial charge in [0.2, 0.25) is 5.79 Å². The highest BCUT2D eigenvalue weighted by atomic mass is 19.1. The van der Waals surface area contributed by atoms with Crippen LogP contribution in [0.4, 0.5) is 8.78 Å². The van der Waals surface area contributed by atoms with Gasteiger partial charge in [0.05, 0.1) is 32.0 Å². The molecule has 0 bridgehead atoms. The molecule has 40 heavy (non-hydrogen) atoms. The van der Waals surface area contributed by atoms with Gasteiger partial charge in [-0.15, -0.1) is 0 Å². The van der Waals surface area contributed by atoms with E-state index in [2.05, 4.69) is 6.58 Å². The van der Waals surface area contributed by atoms with E-state index < -0.39 is 29.6 Å². The van der Waals surface area contributed by atoms with Crippen molar-refractivity contribution in [2.24, 2.45) is 0 Å². The van der Waals surface area contributed by atoms with Gasteiger partial charge in [0, 0.05) is 23.6 Å². The molecule has 9 heteroatoms. The van der Waals surface area contributed by atoms with E-state index in [1.165, 1.54) is 24.3 Å². The Hall–Kier alpha value is -4.08. The Morgan fingerprint density at radius 3 is 2.35 bits per heavy atom. The second kappa shape index (κ2) is 13.8. The molecule has 0 radical (unpaired) electrons. The van der Waals surface area contributed by atoms with Crippen molar-refractivity contribution in [1.29, 1.82) is 0 Å². The minimum Gasteiger partial charge on any atom is -0.493 e. The zero-order valence-electron chi connectivity index (χ0n) is 21.9. The van der Waals surface area contributed by atoms with Crippen LogP contribution in [0.3, 0.4) is 0 Å². The number of ether oxygens (including phenoxy) is 5. The van der Waals surface area contributed by atoms with Crippen molar-refractivity contribution in [1.82, 2.24) is 0 Å². The molecular weight excluding hydrogens is 522 g/mol. The van der Waals surface area contributed by atoms with Crippen molar-refractivity contribution in [3.63, 3.8) is 0 Å². The summed E-state index contributed by atoms with van der Waals surface area (Å²) in [6.45, 7) is 3.88. The van der Waals surface area contributed by atoms with Crippen LogP contribution in [0.15, 0.2) is 96.9 Å². The van der Waals surface area contributed by atoms with Gasteiger partial charge < -0.3 is 23.7 Å². The van der Waals surface area contributed by atoms with E-state index in [9.17, 15) is 18.4 Å². The van der Waals surface area contributed by atoms with E-state index in [4.69, 9.17) is 23.7 Å². The summed E-state index contributed by atoms with van der Waals surface area (Å²) in [5, 5.41) is 0. The normalized spacial score (nSPS) is 22.9. The molecule has 2 aromatic rings. The first-order valence-electron chi connectivity index (χ1n) is 12.9. The average molecular weight is 553 g/mol. The first kappa shape index (κ1) is 28.9. The Labute approximate surface area is 231 Å². The molecule has 2 aromatic carbocycles. The van der Waals surface area contributed by atoms with Gasteiger partial charge in [-0.05, 0) is 61.4 Å². The van der Waals surface area contributed by atoms with Gasteiger partial charge >= 0.3 is 11.9 Å². The van der Waals surface area contributed by atoms with Crippen molar-refractivity contribution in [2.45, 2.75) is 31.2 Å². The molecule has 0 atom stereocenters. The van der Waals surface area contributed by atoms with Gasteiger partial charge in [-0.2, -0.15) is 0 Å². The predicted molar refractivity (Wildman–Crippen MR) is 143 cm³/mol. The maximum atomic E-state index is 14.0. The summed E-state index contributed by atoms with van der Waals surface area (Å²) in [6.07, 6.45) is 8.27. The standard InChI is InChI=1S/C31H30F2O7/c1-2-29(34)37-19-5-18-36-27-16-8-22(9-17-27)30(35)40-28-20-38-31(39-21-28,24-11-14-26(33)15-12-24)23-6-3-4-7-25(32)13-10-23/h2,6-17,28H,1,3-5,18-21H2/b13-10-,23-6+,25-7?. The highest BCUT2D eigenvalue weighted by Crippen LogP contribution is 2.40. The molecule has 0 N–H and O–H groups in total. The van der Waals surface area contributed by atoms with Crippen molar-refractivity contribution in [2.75, 3.05) is 26.4 Å². The number of esters is 2. The van der Waals surface area contributed by atoms with Crippen LogP contribution >= 0.6 is 0 Å². The lowest BCUT2D eigenvalue weighted by Gasteiger charge is -2.41. The molecule has 210 valence electrons. The third-order valence-corrected chi connectivity index (χ3v) is 6.17. The Morgan fingerprint density at radius 1 is 0.950 bits per heavy atom. The number of rotatable bonds is 10. The van der Waals surface area contributed by atoms with Crippen molar-refractivity contribution >= 4 is 11.9 Å². The molecule has 2 aliphatic rings. The molecule has 1 aliphatic carbocycles. The second-order valence-electron chi connectivity index (χ2n) is 9.03. The number of halogens is 2. The topological polar surface area (TPSA) is 80.3 Å². The van der Waals surface area contributed by atoms with Crippen LogP contribution in [-0.2, 0) is 29.5 Å². The largest absolute Gasteiger partial charge is 0.493 e. The van der Waals surface area contributed by atoms with Gasteiger partial charge in [-0.25, -0.2) is 18.4 Å². The van der Waals surface area contributed by atoms with E-state index in [0.29, 0.717) is 48.3 Å². The van der Waals surface area contributed by atoms with E-state index in [-0.39, 0.29) is 25.6 Å². The highest BCUT2D eigenvalue weighted by molar-refractivity contribution is 5.89. The molecule has 1 saturated heterocycles. The van der Waals surface area contributed by atoms with E-state index in [1.54, 1.807) is 42.5 Å². The summed E-state index contributed by atoms with van der Waals surface area (Å²) in [7, 11) is 0. The van der Waals surface area contributed by atoms with Gasteiger partial charge in [0.25, 0.3) is 0 Å². The average Bonchev–Trinajstić information content (AvgIpc) is 2.96. The minimum absolute atomic E-state index is 0.00421. The minimum atomic E-state index is -1.41. The Balaban J connectivity index is 1.36. The number of hydrogen-bond acceptors (Lipinski definition) is 7. The van der Waals surface area contributed by atoms with Crippen LogP contribution in [0.5, 0.6) is 5.75 Å². The second-order valence-corrected chi connectivity index (χ2v) is 9.03. The molecule has 0 unspecified atom stereocenters. The third-order valence-electron chi connectivity index (χ3n) is 6.17. The van der Waals surface area contributed by atoms with Gasteiger partial charge in [0.15, 0.2) is 0 Å². The van der Waals surface area contributed by atoms with Crippen LogP contribution < -0.4 is 4.74 Å². The Morgan fingerprint density at radius 2 is 1.65 bits per heavy atom. The van der Waals surface area contributed by atoms with Gasteiger partial charge in [0.1, 0.15) is 23.5 Å². The third kappa shape index (κ3) is 7.52. The molecule has 0 saturated carbocycles. The molecule has 0 aromatic heterocycles. The molecule has 0 amide bonds. The van der Waals surface area contributed by atoms with Crippen molar-refractivity contribution in [3.8, 4) is 5.75 Å². The summed E-state index contributed by atoms with van der Waals surface area (Å²) >= 11 is 0. The lowest BCUT2D eigenvalue weighted by molar-refractivity contribution is -0.277. The fraction of sp³-hybridized carbons (Fsp3) is 0.290. The number of hydrogen-bond donors (Lipinski definition) is 0. The summed E-state index contributed by atoms with van der Waals surface area (Å²) in [6, 6.07) is 12.1. The molecule has 7 nitrogen and oxygen atoms in total. The van der Waals surface area contributed by atoms with Crippen LogP contribution in [0, 0.1) is 5.82 Å². The highest BCUT2D eigenvalue weighted by Gasteiger charge is 2.43. The summed E-state index contributed by atoms with van der Waals surface area (Å²) in [5.74, 6) is -2.69. The first-order chi connectivity index (χ1) is 19.4. The Kier molecular flexibility index (Phi) is 9.99. The van der Waals surface area contributed by atoms with E-state index >= 15 is 0 Å². The first-order valence-corrected chi connectivity index (χ1v) is 12.9. The lowest BCUT2D eigenvalue weighted by atomic mass is 9.93. The summed E-state index contributed by atoms with van der Waals surface area (Å²) in [5.41, 5.74) is 1.42. The number of carbonyl (C=O) groups is 2. The molecule has 1 aliphatic heterocycles. The quantitative estimate of drug-likeness (QED) is 0.207. The molecule has 0 spiro atoms. The van der Waals surface area contributed by atoms with Crippen LogP contribution in [0.2, 0.25) is 0 Å². The zero-order chi connectivity index (χ0) is 28.4. The van der Waals surface area contributed by atoms with Crippen LogP contribution in [0.25, 0.3) is 0 Å². The molecule has 1 fully saturated rings. The summed E-state index contributed by atoms with van der Waals surface area (Å²) in [4.78, 5) is 23.8. The van der Waals surface area contributed by atoms with Crippen molar-refractivity contribution < 1.29 is 42.1 Å². The zero-order valence-corrected chi connectivity index (χ0v) is 21.9. The van der Waals surface area contributed by atoms with Crippen LogP contribution in [0.1, 0.15) is 35.2 Å². The molecule has 4 rings (SSSR count). The van der Waals surface area contributed by atoms with E-state index in [1.807, 2.05) is 6.08 Å². The number of allylic oxidation sites excluding steroid dienone is 4. The molecule has 1 heterocycles. The molecular formula is C31H30F2O7. The predicted octanol–water partition coefficient (Wildman–Crippen LogP) is 5.88. The van der Waals surface area contributed by atoms with Crippen LogP contribution in [-0.4, -0.2) is 44.5 Å². The van der Waals surface area contributed by atoms with Gasteiger partial charge in [-0.3, -0.25) is 0 Å². The number of carbonyl (C=O) groups excluding carboxylic acids is 2. The fourth-order valence-electron chi connectivity index (χ4n) is 4.14. The van der Waals surface area contributed by atoms with Gasteiger partial charge in [-0.1, -0.05) is 30.9 Å². The maximum Gasteiger partial charge on any atom is 0.338 e.